The minimum atomic E-state index is -0.292. The minimum absolute atomic E-state index is 0.210. The minimum Gasteiger partial charge on any atom is -0.318 e. The van der Waals surface area contributed by atoms with Crippen molar-refractivity contribution in [1.29, 1.82) is 0 Å². The van der Waals surface area contributed by atoms with Crippen molar-refractivity contribution in [2.75, 3.05) is 33.2 Å². The first kappa shape index (κ1) is 27.8. The van der Waals surface area contributed by atoms with Gasteiger partial charge >= 0.3 is 6.09 Å². The van der Waals surface area contributed by atoms with Gasteiger partial charge in [0.05, 0.1) is 5.71 Å². The Morgan fingerprint density at radius 3 is 2.61 bits per heavy atom. The zero-order valence-electron chi connectivity index (χ0n) is 24.2. The number of carbonyl (C=O) groups is 2. The molecule has 0 aromatic carbocycles. The highest BCUT2D eigenvalue weighted by Gasteiger charge is 2.59. The fraction of sp³-hybridized carbons (Fsp3) is 0.839. The molecule has 6 atom stereocenters. The van der Waals surface area contributed by atoms with Crippen LogP contribution in [0.1, 0.15) is 91.4 Å². The number of nitrogens with zero attached hydrogens (tertiary/aromatic N) is 2. The van der Waals surface area contributed by atoms with Gasteiger partial charge in [-0.2, -0.15) is 0 Å². The largest absolute Gasteiger partial charge is 0.436 e. The van der Waals surface area contributed by atoms with Crippen molar-refractivity contribution in [3.8, 4) is 0 Å². The molecular formula is C31H50N4O3. The number of hydrogen-bond donors (Lipinski definition) is 2. The number of amides is 1. The van der Waals surface area contributed by atoms with Crippen molar-refractivity contribution in [2.45, 2.75) is 97.4 Å². The summed E-state index contributed by atoms with van der Waals surface area (Å²) in [5, 5.41) is 11.0. The number of oxime groups is 1. The van der Waals surface area contributed by atoms with Crippen LogP contribution in [0.2, 0.25) is 0 Å². The van der Waals surface area contributed by atoms with Gasteiger partial charge < -0.3 is 15.5 Å². The van der Waals surface area contributed by atoms with Crippen LogP contribution < -0.4 is 10.6 Å². The number of ketones is 1. The molecule has 0 aromatic heterocycles. The van der Waals surface area contributed by atoms with Crippen molar-refractivity contribution in [3.63, 3.8) is 0 Å². The van der Waals surface area contributed by atoms with Crippen LogP contribution in [0.4, 0.5) is 4.79 Å². The van der Waals surface area contributed by atoms with Gasteiger partial charge in [0.15, 0.2) is 5.78 Å². The first-order valence-electron chi connectivity index (χ1n) is 15.4. The Morgan fingerprint density at radius 2 is 1.87 bits per heavy atom. The first-order chi connectivity index (χ1) is 18.3. The maximum Gasteiger partial charge on any atom is 0.436 e. The molecule has 2 N–H and O–H groups in total. The Hall–Kier alpha value is -1.73. The molecule has 4 fully saturated rings. The topological polar surface area (TPSA) is 83.0 Å². The normalized spacial score (nSPS) is 37.0. The molecule has 0 radical (unpaired) electrons. The molecule has 0 bridgehead atoms. The van der Waals surface area contributed by atoms with Gasteiger partial charge in [0.1, 0.15) is 0 Å². The number of likely N-dealkylation sites (N-methyl/N-ethyl adjacent to an activating group) is 1. The standard InChI is InChI=1S/C31H50N4O3/c1-21(34-38-29(37)35(23-6-5-7-23)19-18-33-17-16-32-4)26-10-11-27-25-9-8-22-20-24(36)12-14-30(22,2)28(25)13-15-31(26,27)3/h20,23,25-28,32-33H,5-19H2,1-4H3/b34-21+/t25-,26+,27-,28-,30-,31+/m0/s1. The summed E-state index contributed by atoms with van der Waals surface area (Å²) < 4.78 is 0. The molecule has 0 unspecified atom stereocenters. The number of allylic oxidation sites excluding steroid dienone is 1. The van der Waals surface area contributed by atoms with Crippen LogP contribution in [0.15, 0.2) is 16.8 Å². The van der Waals surface area contributed by atoms with Crippen LogP contribution in [0.5, 0.6) is 0 Å². The van der Waals surface area contributed by atoms with Gasteiger partial charge in [-0.3, -0.25) is 9.63 Å². The zero-order valence-corrected chi connectivity index (χ0v) is 24.2. The highest BCUT2D eigenvalue weighted by molar-refractivity contribution is 5.91. The van der Waals surface area contributed by atoms with Crippen LogP contribution in [0.3, 0.4) is 0 Å². The number of hydrogen-bond acceptors (Lipinski definition) is 6. The van der Waals surface area contributed by atoms with Crippen LogP contribution in [-0.4, -0.2) is 61.8 Å². The Bertz CT molecular complexity index is 959. The highest BCUT2D eigenvalue weighted by atomic mass is 16.7. The Balaban J connectivity index is 1.22. The second kappa shape index (κ2) is 11.4. The Labute approximate surface area is 229 Å². The lowest BCUT2D eigenvalue weighted by Crippen LogP contribution is -2.51. The van der Waals surface area contributed by atoms with E-state index in [1.54, 1.807) is 0 Å². The zero-order chi connectivity index (χ0) is 26.9. The molecule has 0 aliphatic heterocycles. The van der Waals surface area contributed by atoms with E-state index in [0.717, 1.165) is 69.8 Å². The highest BCUT2D eigenvalue weighted by Crippen LogP contribution is 2.66. The summed E-state index contributed by atoms with van der Waals surface area (Å²) >= 11 is 0. The van der Waals surface area contributed by atoms with Gasteiger partial charge in [-0.05, 0) is 113 Å². The van der Waals surface area contributed by atoms with E-state index in [4.69, 9.17) is 4.84 Å². The van der Waals surface area contributed by atoms with E-state index < -0.39 is 0 Å². The SMILES string of the molecule is CNCCNCCN(C(=O)O/N=C(\C)[C@H]1CC[C@H]2[C@@H]3CCC4=CC(=O)CC[C@]4(C)[C@H]3CC[C@]12C)C1CCC1. The van der Waals surface area contributed by atoms with Crippen LogP contribution >= 0.6 is 0 Å². The average molecular weight is 527 g/mol. The third-order valence-corrected chi connectivity index (χ3v) is 11.6. The molecule has 38 heavy (non-hydrogen) atoms. The summed E-state index contributed by atoms with van der Waals surface area (Å²) in [6, 6.07) is 0.287. The maximum atomic E-state index is 13.1. The summed E-state index contributed by atoms with van der Waals surface area (Å²) in [7, 11) is 1.95. The summed E-state index contributed by atoms with van der Waals surface area (Å²) in [6.45, 7) is 10.3. The third-order valence-electron chi connectivity index (χ3n) is 11.6. The number of nitrogens with one attached hydrogen (secondary N) is 2. The van der Waals surface area contributed by atoms with Crippen molar-refractivity contribution >= 4 is 17.6 Å². The van der Waals surface area contributed by atoms with Gasteiger partial charge in [-0.1, -0.05) is 24.6 Å². The van der Waals surface area contributed by atoms with Crippen LogP contribution in [-0.2, 0) is 9.63 Å². The predicted molar refractivity (Wildman–Crippen MR) is 151 cm³/mol. The van der Waals surface area contributed by atoms with E-state index in [0.29, 0.717) is 30.1 Å². The Kier molecular flexibility index (Phi) is 8.35. The smallest absolute Gasteiger partial charge is 0.318 e. The van der Waals surface area contributed by atoms with Crippen LogP contribution in [0, 0.1) is 34.5 Å². The molecule has 5 aliphatic rings. The quantitative estimate of drug-likeness (QED) is 0.184. The van der Waals surface area contributed by atoms with Crippen LogP contribution in [0.25, 0.3) is 0 Å². The third kappa shape index (κ3) is 5.10. The van der Waals surface area contributed by atoms with Gasteiger partial charge in [0, 0.05) is 44.6 Å². The van der Waals surface area contributed by atoms with E-state index in [1.165, 1.54) is 37.7 Å². The van der Waals surface area contributed by atoms with E-state index in [-0.39, 0.29) is 23.0 Å². The molecular weight excluding hydrogens is 476 g/mol. The van der Waals surface area contributed by atoms with Crippen molar-refractivity contribution in [3.05, 3.63) is 11.6 Å². The lowest BCUT2D eigenvalue weighted by molar-refractivity contribution is -0.117. The average Bonchev–Trinajstić information content (AvgIpc) is 3.23. The molecule has 1 amide bonds. The summed E-state index contributed by atoms with van der Waals surface area (Å²) in [4.78, 5) is 32.7. The van der Waals surface area contributed by atoms with E-state index >= 15 is 0 Å². The second-order valence-electron chi connectivity index (χ2n) is 13.4. The fourth-order valence-corrected chi connectivity index (χ4v) is 9.13. The summed E-state index contributed by atoms with van der Waals surface area (Å²) in [5.41, 5.74) is 2.86. The molecule has 5 aliphatic carbocycles. The molecule has 7 heteroatoms. The Morgan fingerprint density at radius 1 is 1.05 bits per heavy atom. The lowest BCUT2D eigenvalue weighted by Gasteiger charge is -2.58. The molecule has 5 rings (SSSR count). The van der Waals surface area contributed by atoms with Gasteiger partial charge in [-0.15, -0.1) is 0 Å². The van der Waals surface area contributed by atoms with Gasteiger partial charge in [-0.25, -0.2) is 4.79 Å². The number of rotatable bonds is 9. The maximum absolute atomic E-state index is 13.1. The molecule has 0 heterocycles. The van der Waals surface area contributed by atoms with Crippen molar-refractivity contribution in [1.82, 2.24) is 15.5 Å². The fourth-order valence-electron chi connectivity index (χ4n) is 9.13. The van der Waals surface area contributed by atoms with Gasteiger partial charge in [0.2, 0.25) is 0 Å². The molecule has 0 saturated heterocycles. The van der Waals surface area contributed by atoms with Crippen molar-refractivity contribution in [2.24, 2.45) is 39.7 Å². The molecule has 212 valence electrons. The molecule has 0 spiro atoms. The van der Waals surface area contributed by atoms with E-state index in [2.05, 4.69) is 36.6 Å². The molecule has 0 aromatic rings. The molecule has 7 nitrogen and oxygen atoms in total. The lowest BCUT2D eigenvalue weighted by atomic mass is 9.46. The van der Waals surface area contributed by atoms with Crippen molar-refractivity contribution < 1.29 is 14.4 Å². The second-order valence-corrected chi connectivity index (χ2v) is 13.4. The monoisotopic (exact) mass is 526 g/mol. The first-order valence-corrected chi connectivity index (χ1v) is 15.4. The molecule has 4 saturated carbocycles. The van der Waals surface area contributed by atoms with Gasteiger partial charge in [0.25, 0.3) is 0 Å². The van der Waals surface area contributed by atoms with E-state index in [1.807, 2.05) is 18.0 Å². The van der Waals surface area contributed by atoms with E-state index in [9.17, 15) is 9.59 Å². The predicted octanol–water partition coefficient (Wildman–Crippen LogP) is 5.31. The summed E-state index contributed by atoms with van der Waals surface area (Å²) in [5.74, 6) is 2.83. The number of carbonyl (C=O) groups excluding carboxylic acids is 2. The number of fused-ring (bicyclic) bond motifs is 5. The summed E-state index contributed by atoms with van der Waals surface area (Å²) in [6.07, 6.45) is 13.9.